The minimum atomic E-state index is 0.428. The highest BCUT2D eigenvalue weighted by Crippen LogP contribution is 2.18. The van der Waals surface area contributed by atoms with Crippen molar-refractivity contribution in [3.8, 4) is 22.9 Å². The first-order valence-electron chi connectivity index (χ1n) is 10.9. The van der Waals surface area contributed by atoms with Crippen molar-refractivity contribution in [2.24, 2.45) is 0 Å². The molecule has 6 rings (SSSR count). The maximum atomic E-state index is 5.81. The van der Waals surface area contributed by atoms with Crippen LogP contribution in [0.25, 0.3) is 33.4 Å². The van der Waals surface area contributed by atoms with Gasteiger partial charge in [0.25, 0.3) is 0 Å². The Morgan fingerprint density at radius 1 is 0.441 bits per heavy atom. The summed E-state index contributed by atoms with van der Waals surface area (Å²) in [6, 6.07) is 30.9. The second-order valence-electron chi connectivity index (χ2n) is 7.64. The summed E-state index contributed by atoms with van der Waals surface area (Å²) in [6.07, 6.45) is 0. The van der Waals surface area contributed by atoms with E-state index >= 15 is 0 Å². The molecule has 0 amide bonds. The molecular formula is C26H20N6O2. The largest absolute Gasteiger partial charge is 0.490 e. The summed E-state index contributed by atoms with van der Waals surface area (Å²) in [4.78, 5) is 3.26. The van der Waals surface area contributed by atoms with Crippen LogP contribution in [0, 0.1) is 0 Å². The topological polar surface area (TPSA) is 79.9 Å². The van der Waals surface area contributed by atoms with E-state index in [0.717, 1.165) is 44.9 Å². The lowest BCUT2D eigenvalue weighted by Gasteiger charge is -2.09. The Hall–Kier alpha value is -4.72. The number of hydrogen-bond donors (Lipinski definition) is 0. The summed E-state index contributed by atoms with van der Waals surface area (Å²) >= 11 is 0. The summed E-state index contributed by atoms with van der Waals surface area (Å²) in [7, 11) is 0. The van der Waals surface area contributed by atoms with Gasteiger partial charge in [-0.3, -0.25) is 0 Å². The monoisotopic (exact) mass is 448 g/mol. The van der Waals surface area contributed by atoms with Gasteiger partial charge >= 0.3 is 0 Å². The maximum Gasteiger partial charge on any atom is 0.122 e. The van der Waals surface area contributed by atoms with Crippen molar-refractivity contribution < 1.29 is 9.47 Å². The Kier molecular flexibility index (Phi) is 5.08. The normalized spacial score (nSPS) is 11.2. The summed E-state index contributed by atoms with van der Waals surface area (Å²) in [5.41, 5.74) is 5.20. The van der Waals surface area contributed by atoms with Gasteiger partial charge in [0.2, 0.25) is 0 Å². The minimum absolute atomic E-state index is 0.428. The molecule has 0 unspecified atom stereocenters. The van der Waals surface area contributed by atoms with Crippen LogP contribution in [-0.2, 0) is 0 Å². The van der Waals surface area contributed by atoms with E-state index in [0.29, 0.717) is 13.2 Å². The van der Waals surface area contributed by atoms with Crippen LogP contribution in [0.4, 0.5) is 0 Å². The molecule has 0 aliphatic heterocycles. The molecule has 0 radical (unpaired) electrons. The van der Waals surface area contributed by atoms with E-state index in [1.165, 1.54) is 0 Å². The van der Waals surface area contributed by atoms with Crippen molar-refractivity contribution in [2.75, 3.05) is 13.2 Å². The number of fused-ring (bicyclic) bond motifs is 2. The van der Waals surface area contributed by atoms with E-state index in [-0.39, 0.29) is 0 Å². The molecule has 0 N–H and O–H groups in total. The van der Waals surface area contributed by atoms with Gasteiger partial charge in [-0.15, -0.1) is 20.4 Å². The molecular weight excluding hydrogens is 428 g/mol. The van der Waals surface area contributed by atoms with E-state index in [9.17, 15) is 0 Å². The molecule has 166 valence electrons. The molecule has 0 saturated heterocycles. The zero-order valence-electron chi connectivity index (χ0n) is 18.2. The average Bonchev–Trinajstić information content (AvgIpc) is 3.52. The van der Waals surface area contributed by atoms with Gasteiger partial charge in [-0.1, -0.05) is 24.3 Å². The highest BCUT2D eigenvalue weighted by atomic mass is 16.5. The number of ether oxygens (including phenoxy) is 2. The molecule has 2 aromatic heterocycles. The molecule has 0 saturated carbocycles. The maximum absolute atomic E-state index is 5.81. The van der Waals surface area contributed by atoms with Crippen LogP contribution >= 0.6 is 0 Å². The Labute approximate surface area is 195 Å². The number of hydrogen-bond acceptors (Lipinski definition) is 6. The summed E-state index contributed by atoms with van der Waals surface area (Å²) in [5, 5.41) is 18.0. The van der Waals surface area contributed by atoms with Crippen LogP contribution in [0.15, 0.2) is 97.1 Å². The van der Waals surface area contributed by atoms with Gasteiger partial charge in [-0.05, 0) is 72.8 Å². The first-order chi connectivity index (χ1) is 16.8. The van der Waals surface area contributed by atoms with Gasteiger partial charge in [0, 0.05) is 0 Å². The lowest BCUT2D eigenvalue weighted by Crippen LogP contribution is -2.09. The summed E-state index contributed by atoms with van der Waals surface area (Å²) in [5.74, 6) is 1.52. The van der Waals surface area contributed by atoms with Crippen molar-refractivity contribution in [2.45, 2.75) is 0 Å². The smallest absolute Gasteiger partial charge is 0.122 e. The van der Waals surface area contributed by atoms with Gasteiger partial charge in [-0.25, -0.2) is 0 Å². The molecule has 0 aliphatic rings. The quantitative estimate of drug-likeness (QED) is 0.332. The third kappa shape index (κ3) is 4.04. The molecule has 0 fully saturated rings. The molecule has 6 aromatic rings. The first kappa shape index (κ1) is 19.9. The van der Waals surface area contributed by atoms with Crippen molar-refractivity contribution in [1.29, 1.82) is 0 Å². The molecule has 2 heterocycles. The second kappa shape index (κ2) is 8.67. The van der Waals surface area contributed by atoms with Crippen molar-refractivity contribution >= 4 is 22.1 Å². The first-order valence-corrected chi connectivity index (χ1v) is 10.9. The van der Waals surface area contributed by atoms with E-state index in [1.54, 1.807) is 9.59 Å². The fourth-order valence-electron chi connectivity index (χ4n) is 3.62. The molecule has 8 heteroatoms. The molecule has 0 atom stereocenters. The van der Waals surface area contributed by atoms with E-state index in [1.807, 2.05) is 97.1 Å². The van der Waals surface area contributed by atoms with Gasteiger partial charge in [-0.2, -0.15) is 9.59 Å². The molecule has 4 aromatic carbocycles. The molecule has 0 bridgehead atoms. The highest BCUT2D eigenvalue weighted by molar-refractivity contribution is 5.74. The predicted molar refractivity (Wildman–Crippen MR) is 129 cm³/mol. The standard InChI is InChI=1S/C26H20N6O2/c1-2-6-24-23(5-1)27-31(28-24)19-9-13-21(14-10-19)33-17-18-34-22-15-11-20(12-16-22)32-29-25-7-3-4-8-26(25)30-32/h1-16H,17-18H2. The van der Waals surface area contributed by atoms with Crippen LogP contribution < -0.4 is 9.47 Å². The summed E-state index contributed by atoms with van der Waals surface area (Å²) < 4.78 is 11.6. The number of benzene rings is 4. The summed E-state index contributed by atoms with van der Waals surface area (Å²) in [6.45, 7) is 0.855. The Morgan fingerprint density at radius 2 is 0.765 bits per heavy atom. The molecule has 0 spiro atoms. The van der Waals surface area contributed by atoms with Gasteiger partial charge in [0.05, 0.1) is 11.4 Å². The Bertz CT molecular complexity index is 1370. The van der Waals surface area contributed by atoms with Crippen molar-refractivity contribution in [3.63, 3.8) is 0 Å². The number of rotatable bonds is 7. The zero-order valence-corrected chi connectivity index (χ0v) is 18.2. The third-order valence-corrected chi connectivity index (χ3v) is 5.33. The fourth-order valence-corrected chi connectivity index (χ4v) is 3.62. The number of aromatic nitrogens is 6. The SMILES string of the molecule is c1ccc2nn(-c3ccc(OCCOc4ccc(-n5nc6ccccc6n5)cc4)cc3)nc2c1. The minimum Gasteiger partial charge on any atom is -0.490 e. The van der Waals surface area contributed by atoms with Gasteiger partial charge < -0.3 is 9.47 Å². The van der Waals surface area contributed by atoms with E-state index in [2.05, 4.69) is 20.4 Å². The fraction of sp³-hybridized carbons (Fsp3) is 0.0769. The Morgan fingerprint density at radius 3 is 1.09 bits per heavy atom. The van der Waals surface area contributed by atoms with Crippen LogP contribution in [0.1, 0.15) is 0 Å². The van der Waals surface area contributed by atoms with Crippen LogP contribution in [0.5, 0.6) is 11.5 Å². The second-order valence-corrected chi connectivity index (χ2v) is 7.64. The molecule has 8 nitrogen and oxygen atoms in total. The van der Waals surface area contributed by atoms with Crippen LogP contribution in [0.3, 0.4) is 0 Å². The number of nitrogens with zero attached hydrogens (tertiary/aromatic N) is 6. The molecule has 0 aliphatic carbocycles. The van der Waals surface area contributed by atoms with E-state index in [4.69, 9.17) is 9.47 Å². The highest BCUT2D eigenvalue weighted by Gasteiger charge is 2.06. The van der Waals surface area contributed by atoms with Crippen LogP contribution in [-0.4, -0.2) is 43.2 Å². The van der Waals surface area contributed by atoms with E-state index < -0.39 is 0 Å². The predicted octanol–water partition coefficient (Wildman–Crippen LogP) is 4.61. The van der Waals surface area contributed by atoms with Crippen LogP contribution in [0.2, 0.25) is 0 Å². The lowest BCUT2D eigenvalue weighted by molar-refractivity contribution is 0.217. The molecule has 34 heavy (non-hydrogen) atoms. The van der Waals surface area contributed by atoms with Gasteiger partial charge in [0.15, 0.2) is 0 Å². The lowest BCUT2D eigenvalue weighted by atomic mass is 10.3. The zero-order chi connectivity index (χ0) is 22.7. The van der Waals surface area contributed by atoms with Crippen molar-refractivity contribution in [1.82, 2.24) is 30.0 Å². The van der Waals surface area contributed by atoms with Gasteiger partial charge in [0.1, 0.15) is 46.8 Å². The average molecular weight is 448 g/mol. The van der Waals surface area contributed by atoms with Crippen molar-refractivity contribution in [3.05, 3.63) is 97.1 Å². The third-order valence-electron chi connectivity index (χ3n) is 5.33. The Balaban J connectivity index is 1.02.